The van der Waals surface area contributed by atoms with Crippen LogP contribution in [0.2, 0.25) is 0 Å². The van der Waals surface area contributed by atoms with Crippen LogP contribution in [-0.4, -0.2) is 16.6 Å². The molecule has 0 bridgehead atoms. The number of aryl methyl sites for hydroxylation is 1. The summed E-state index contributed by atoms with van der Waals surface area (Å²) in [6.45, 7) is 2.19. The minimum absolute atomic E-state index is 0.0408. The molecule has 0 aliphatic heterocycles. The molecule has 2 aromatic carbocycles. The van der Waals surface area contributed by atoms with E-state index in [9.17, 15) is 10.1 Å². The van der Waals surface area contributed by atoms with Crippen LogP contribution < -0.4 is 10.1 Å². The molecule has 3 rings (SSSR count). The molecule has 1 N–H and O–H groups in total. The molecular weight excluding hydrogens is 294 g/mol. The number of fused-ring (bicyclic) bond motifs is 1. The Bertz CT molecular complexity index is 847. The van der Waals surface area contributed by atoms with Crippen molar-refractivity contribution in [2.45, 2.75) is 6.92 Å². The smallest absolute Gasteiger partial charge is 0.269 e. The van der Waals surface area contributed by atoms with Crippen LogP contribution in [0.25, 0.3) is 10.9 Å². The number of aromatic nitrogens is 1. The van der Waals surface area contributed by atoms with Crippen molar-refractivity contribution in [2.75, 3.05) is 12.0 Å². The Balaban J connectivity index is 1.69. The average molecular weight is 309 g/mol. The lowest BCUT2D eigenvalue weighted by Crippen LogP contribution is -2.09. The topological polar surface area (TPSA) is 77.3 Å². The Morgan fingerprint density at radius 2 is 1.91 bits per heavy atom. The summed E-state index contributed by atoms with van der Waals surface area (Å²) in [5, 5.41) is 14.8. The number of nitrogens with one attached hydrogen (secondary N) is 1. The maximum Gasteiger partial charge on any atom is 0.269 e. The van der Waals surface area contributed by atoms with Gasteiger partial charge in [-0.3, -0.25) is 15.1 Å². The normalized spacial score (nSPS) is 10.5. The summed E-state index contributed by atoms with van der Waals surface area (Å²) in [6, 6.07) is 15.9. The Morgan fingerprint density at radius 1 is 1.13 bits per heavy atom. The van der Waals surface area contributed by atoms with Crippen molar-refractivity contribution in [1.82, 2.24) is 4.98 Å². The van der Waals surface area contributed by atoms with E-state index in [0.717, 1.165) is 22.3 Å². The highest BCUT2D eigenvalue weighted by Crippen LogP contribution is 2.22. The molecule has 0 amide bonds. The van der Waals surface area contributed by atoms with Gasteiger partial charge >= 0.3 is 0 Å². The molecule has 0 fully saturated rings. The zero-order chi connectivity index (χ0) is 16.2. The number of hydrogen-bond donors (Lipinski definition) is 1. The number of benzene rings is 2. The quantitative estimate of drug-likeness (QED) is 0.439. The number of para-hydroxylation sites is 1. The third-order valence-corrected chi connectivity index (χ3v) is 3.41. The van der Waals surface area contributed by atoms with E-state index in [2.05, 4.69) is 10.3 Å². The van der Waals surface area contributed by atoms with Crippen molar-refractivity contribution in [3.05, 3.63) is 70.4 Å². The molecule has 0 aliphatic carbocycles. The van der Waals surface area contributed by atoms with E-state index in [1.165, 1.54) is 12.1 Å². The van der Waals surface area contributed by atoms with Crippen LogP contribution in [0.15, 0.2) is 54.6 Å². The first-order chi connectivity index (χ1) is 11.1. The van der Waals surface area contributed by atoms with E-state index in [1.54, 1.807) is 12.1 Å². The Labute approximate surface area is 132 Å². The fourth-order valence-corrected chi connectivity index (χ4v) is 2.25. The van der Waals surface area contributed by atoms with Crippen molar-refractivity contribution in [2.24, 2.45) is 0 Å². The fraction of sp³-hybridized carbons (Fsp3) is 0.118. The molecule has 6 nitrogen and oxygen atoms in total. The first-order valence-corrected chi connectivity index (χ1v) is 7.11. The molecule has 0 atom stereocenters. The second-order valence-electron chi connectivity index (χ2n) is 5.05. The number of rotatable bonds is 5. The number of nitro groups is 1. The SMILES string of the molecule is Cc1ccc2cccc(NCOc3ccc([N+](=O)[O-])cc3)c2n1. The van der Waals surface area contributed by atoms with Gasteiger partial charge in [0.25, 0.3) is 5.69 Å². The van der Waals surface area contributed by atoms with E-state index in [4.69, 9.17) is 4.74 Å². The largest absolute Gasteiger partial charge is 0.473 e. The molecule has 6 heteroatoms. The molecule has 0 unspecified atom stereocenters. The summed E-state index contributed by atoms with van der Waals surface area (Å²) in [4.78, 5) is 14.7. The van der Waals surface area contributed by atoms with Gasteiger partial charge in [-0.15, -0.1) is 0 Å². The van der Waals surface area contributed by atoms with Crippen molar-refractivity contribution >= 4 is 22.3 Å². The Hall–Kier alpha value is -3.15. The van der Waals surface area contributed by atoms with Gasteiger partial charge in [0.15, 0.2) is 6.73 Å². The van der Waals surface area contributed by atoms with Crippen LogP contribution in [0, 0.1) is 17.0 Å². The minimum Gasteiger partial charge on any atom is -0.473 e. The zero-order valence-electron chi connectivity index (χ0n) is 12.5. The van der Waals surface area contributed by atoms with Gasteiger partial charge in [-0.1, -0.05) is 18.2 Å². The molecule has 23 heavy (non-hydrogen) atoms. The summed E-state index contributed by atoms with van der Waals surface area (Å²) >= 11 is 0. The highest BCUT2D eigenvalue weighted by molar-refractivity contribution is 5.90. The molecule has 0 spiro atoms. The molecule has 3 aromatic rings. The van der Waals surface area contributed by atoms with Crippen LogP contribution in [0.1, 0.15) is 5.69 Å². The fourth-order valence-electron chi connectivity index (χ4n) is 2.25. The van der Waals surface area contributed by atoms with Crippen LogP contribution in [0.4, 0.5) is 11.4 Å². The summed E-state index contributed by atoms with van der Waals surface area (Å²) in [6.07, 6.45) is 0. The number of pyridine rings is 1. The predicted octanol–water partition coefficient (Wildman–Crippen LogP) is 3.90. The van der Waals surface area contributed by atoms with Crippen molar-refractivity contribution in [3.8, 4) is 5.75 Å². The van der Waals surface area contributed by atoms with Crippen LogP contribution in [0.3, 0.4) is 0 Å². The lowest BCUT2D eigenvalue weighted by Gasteiger charge is -2.11. The first kappa shape index (κ1) is 14.8. The molecule has 0 saturated heterocycles. The van der Waals surface area contributed by atoms with Gasteiger partial charge < -0.3 is 10.1 Å². The van der Waals surface area contributed by atoms with Gasteiger partial charge in [0.2, 0.25) is 0 Å². The molecule has 0 radical (unpaired) electrons. The van der Waals surface area contributed by atoms with E-state index < -0.39 is 4.92 Å². The van der Waals surface area contributed by atoms with Gasteiger partial charge in [0.1, 0.15) is 5.75 Å². The summed E-state index contributed by atoms with van der Waals surface area (Å²) in [5.41, 5.74) is 2.76. The van der Waals surface area contributed by atoms with Crippen molar-refractivity contribution in [1.29, 1.82) is 0 Å². The molecular formula is C17H15N3O3. The van der Waals surface area contributed by atoms with E-state index in [-0.39, 0.29) is 12.4 Å². The van der Waals surface area contributed by atoms with Gasteiger partial charge in [-0.25, -0.2) is 0 Å². The van der Waals surface area contributed by atoms with Gasteiger partial charge in [-0.2, -0.15) is 0 Å². The highest BCUT2D eigenvalue weighted by Gasteiger charge is 2.05. The average Bonchev–Trinajstić information content (AvgIpc) is 2.55. The van der Waals surface area contributed by atoms with Crippen LogP contribution in [-0.2, 0) is 0 Å². The lowest BCUT2D eigenvalue weighted by molar-refractivity contribution is -0.384. The van der Waals surface area contributed by atoms with Crippen LogP contribution in [0.5, 0.6) is 5.75 Å². The maximum atomic E-state index is 10.6. The highest BCUT2D eigenvalue weighted by atomic mass is 16.6. The van der Waals surface area contributed by atoms with Gasteiger partial charge in [0, 0.05) is 23.2 Å². The molecule has 0 aliphatic rings. The second kappa shape index (κ2) is 6.31. The number of anilines is 1. The Kier molecular flexibility index (Phi) is 4.05. The standard InChI is InChI=1S/C17H15N3O3/c1-12-5-6-13-3-2-4-16(17(13)19-12)18-11-23-15-9-7-14(8-10-15)20(21)22/h2-10,18H,11H2,1H3. The summed E-state index contributed by atoms with van der Waals surface area (Å²) in [5.74, 6) is 0.562. The number of ether oxygens (including phenoxy) is 1. The third-order valence-electron chi connectivity index (χ3n) is 3.41. The monoisotopic (exact) mass is 309 g/mol. The van der Waals surface area contributed by atoms with E-state index >= 15 is 0 Å². The van der Waals surface area contributed by atoms with Crippen LogP contribution >= 0.6 is 0 Å². The van der Waals surface area contributed by atoms with Gasteiger partial charge in [0.05, 0.1) is 16.1 Å². The molecule has 1 aromatic heterocycles. The number of non-ortho nitro benzene ring substituents is 1. The zero-order valence-corrected chi connectivity index (χ0v) is 12.5. The Morgan fingerprint density at radius 3 is 2.65 bits per heavy atom. The molecule has 1 heterocycles. The van der Waals surface area contributed by atoms with Crippen molar-refractivity contribution < 1.29 is 9.66 Å². The number of nitrogens with zero attached hydrogens (tertiary/aromatic N) is 2. The molecule has 116 valence electrons. The lowest BCUT2D eigenvalue weighted by atomic mass is 10.2. The summed E-state index contributed by atoms with van der Waals surface area (Å²) in [7, 11) is 0. The third kappa shape index (κ3) is 3.37. The van der Waals surface area contributed by atoms with E-state index in [1.807, 2.05) is 37.3 Å². The first-order valence-electron chi connectivity index (χ1n) is 7.11. The van der Waals surface area contributed by atoms with E-state index in [0.29, 0.717) is 5.75 Å². The molecule has 0 saturated carbocycles. The number of hydrogen-bond acceptors (Lipinski definition) is 5. The van der Waals surface area contributed by atoms with Crippen molar-refractivity contribution in [3.63, 3.8) is 0 Å². The van der Waals surface area contributed by atoms with Gasteiger partial charge in [-0.05, 0) is 31.2 Å². The summed E-state index contributed by atoms with van der Waals surface area (Å²) < 4.78 is 5.56. The predicted molar refractivity (Wildman–Crippen MR) is 88.7 cm³/mol. The minimum atomic E-state index is -0.438. The second-order valence-corrected chi connectivity index (χ2v) is 5.05. The number of nitro benzene ring substituents is 1. The maximum absolute atomic E-state index is 10.6.